The number of anilines is 2. The molecule has 1 heterocycles. The second-order valence-electron chi connectivity index (χ2n) is 5.95. The van der Waals surface area contributed by atoms with Crippen LogP contribution in [0.2, 0.25) is 0 Å². The molecule has 0 bridgehead atoms. The first-order valence-corrected chi connectivity index (χ1v) is 9.04. The Hall–Kier alpha value is -2.46. The molecule has 0 radical (unpaired) electrons. The second-order valence-corrected chi connectivity index (χ2v) is 6.96. The molecule has 0 saturated heterocycles. The van der Waals surface area contributed by atoms with Gasteiger partial charge in [-0.25, -0.2) is 4.98 Å². The van der Waals surface area contributed by atoms with Crippen LogP contribution in [0, 0.1) is 5.92 Å². The molecule has 4 rings (SSSR count). The summed E-state index contributed by atoms with van der Waals surface area (Å²) in [5.41, 5.74) is 1.82. The van der Waals surface area contributed by atoms with Crippen LogP contribution >= 0.6 is 11.3 Å². The number of amides is 1. The molecule has 0 saturated carbocycles. The molecule has 1 aromatic heterocycles. The maximum absolute atomic E-state index is 13.2. The third kappa shape index (κ3) is 2.85. The van der Waals surface area contributed by atoms with Gasteiger partial charge < -0.3 is 0 Å². The lowest BCUT2D eigenvalue weighted by molar-refractivity contribution is -0.121. The summed E-state index contributed by atoms with van der Waals surface area (Å²) in [6.45, 7) is 0. The van der Waals surface area contributed by atoms with Crippen LogP contribution in [0.1, 0.15) is 19.3 Å². The van der Waals surface area contributed by atoms with E-state index in [2.05, 4.69) is 12.2 Å². The minimum atomic E-state index is 0.0298. The molecule has 4 heteroatoms. The molecule has 1 atom stereocenters. The summed E-state index contributed by atoms with van der Waals surface area (Å²) in [4.78, 5) is 19.7. The van der Waals surface area contributed by atoms with Crippen molar-refractivity contribution in [2.45, 2.75) is 19.3 Å². The molecule has 0 fully saturated rings. The largest absolute Gasteiger partial charge is 0.274 e. The average Bonchev–Trinajstić information content (AvgIpc) is 3.07. The van der Waals surface area contributed by atoms with Crippen molar-refractivity contribution < 1.29 is 4.79 Å². The number of carbonyl (C=O) groups excluding carboxylic acids is 1. The van der Waals surface area contributed by atoms with Crippen LogP contribution < -0.4 is 4.90 Å². The van der Waals surface area contributed by atoms with Crippen molar-refractivity contribution in [2.75, 3.05) is 4.90 Å². The van der Waals surface area contributed by atoms with Gasteiger partial charge in [0.2, 0.25) is 5.91 Å². The van der Waals surface area contributed by atoms with Crippen LogP contribution in [-0.4, -0.2) is 10.9 Å². The molecule has 2 aromatic carbocycles. The number of allylic oxidation sites excluding steroid dienone is 2. The first kappa shape index (κ1) is 15.1. The first-order chi connectivity index (χ1) is 11.8. The molecule has 0 N–H and O–H groups in total. The lowest BCUT2D eigenvalue weighted by Gasteiger charge is -2.26. The maximum Gasteiger partial charge on any atom is 0.236 e. The number of rotatable bonds is 3. The second kappa shape index (κ2) is 6.57. The zero-order valence-corrected chi connectivity index (χ0v) is 14.1. The minimum Gasteiger partial charge on any atom is -0.274 e. The average molecular weight is 334 g/mol. The van der Waals surface area contributed by atoms with Crippen molar-refractivity contribution in [1.82, 2.24) is 4.98 Å². The van der Waals surface area contributed by atoms with Gasteiger partial charge in [-0.3, -0.25) is 9.69 Å². The van der Waals surface area contributed by atoms with E-state index in [1.807, 2.05) is 54.6 Å². The highest BCUT2D eigenvalue weighted by Gasteiger charge is 2.28. The lowest BCUT2D eigenvalue weighted by atomic mass is 9.93. The molecule has 1 amide bonds. The molecule has 0 aliphatic heterocycles. The van der Waals surface area contributed by atoms with Crippen molar-refractivity contribution in [3.8, 4) is 0 Å². The fraction of sp³-hybridized carbons (Fsp3) is 0.200. The maximum atomic E-state index is 13.2. The molecule has 1 aliphatic rings. The zero-order valence-electron chi connectivity index (χ0n) is 13.3. The normalized spacial score (nSPS) is 17.1. The van der Waals surface area contributed by atoms with E-state index in [9.17, 15) is 4.79 Å². The number of carbonyl (C=O) groups is 1. The van der Waals surface area contributed by atoms with Gasteiger partial charge in [0.15, 0.2) is 5.13 Å². The third-order valence-electron chi connectivity index (χ3n) is 4.33. The van der Waals surface area contributed by atoms with Crippen LogP contribution in [0.25, 0.3) is 10.2 Å². The Kier molecular flexibility index (Phi) is 4.13. The third-order valence-corrected chi connectivity index (χ3v) is 5.35. The van der Waals surface area contributed by atoms with E-state index in [0.29, 0.717) is 0 Å². The number of hydrogen-bond donors (Lipinski definition) is 0. The first-order valence-electron chi connectivity index (χ1n) is 8.22. The van der Waals surface area contributed by atoms with E-state index >= 15 is 0 Å². The standard InChI is InChI=1S/C20H18N2OS/c23-19(15-9-3-1-4-10-15)22(16-11-5-2-6-12-16)20-21-17-13-7-8-14-18(17)24-20/h1-3,5-8,11-15H,4,9-10H2. The number of benzene rings is 2. The lowest BCUT2D eigenvalue weighted by Crippen LogP contribution is -2.32. The van der Waals surface area contributed by atoms with E-state index in [4.69, 9.17) is 4.98 Å². The Labute approximate surface area is 145 Å². The summed E-state index contributed by atoms with van der Waals surface area (Å²) >= 11 is 1.57. The molecule has 1 aliphatic carbocycles. The quantitative estimate of drug-likeness (QED) is 0.608. The summed E-state index contributed by atoms with van der Waals surface area (Å²) in [6, 6.07) is 17.9. The highest BCUT2D eigenvalue weighted by atomic mass is 32.1. The Balaban J connectivity index is 1.78. The monoisotopic (exact) mass is 334 g/mol. The minimum absolute atomic E-state index is 0.0298. The SMILES string of the molecule is O=C(C1CC=CCC1)N(c1ccccc1)c1nc2ccccc2s1. The highest BCUT2D eigenvalue weighted by Crippen LogP contribution is 2.35. The van der Waals surface area contributed by atoms with Gasteiger partial charge in [0, 0.05) is 5.92 Å². The number of aromatic nitrogens is 1. The van der Waals surface area contributed by atoms with Crippen molar-refractivity contribution in [1.29, 1.82) is 0 Å². The number of thiazole rings is 1. The summed E-state index contributed by atoms with van der Waals surface area (Å²) < 4.78 is 1.10. The van der Waals surface area contributed by atoms with Crippen LogP contribution in [-0.2, 0) is 4.79 Å². The predicted molar refractivity (Wildman–Crippen MR) is 99.7 cm³/mol. The highest BCUT2D eigenvalue weighted by molar-refractivity contribution is 7.22. The molecule has 120 valence electrons. The molecular weight excluding hydrogens is 316 g/mol. The molecular formula is C20H18N2OS. The van der Waals surface area contributed by atoms with Gasteiger partial charge in [0.1, 0.15) is 0 Å². The van der Waals surface area contributed by atoms with E-state index in [-0.39, 0.29) is 11.8 Å². The van der Waals surface area contributed by atoms with E-state index in [0.717, 1.165) is 40.3 Å². The van der Waals surface area contributed by atoms with Crippen LogP contribution in [0.5, 0.6) is 0 Å². The van der Waals surface area contributed by atoms with Gasteiger partial charge in [-0.15, -0.1) is 0 Å². The molecule has 1 unspecified atom stereocenters. The fourth-order valence-corrected chi connectivity index (χ4v) is 4.06. The van der Waals surface area contributed by atoms with Gasteiger partial charge in [0.25, 0.3) is 0 Å². The summed E-state index contributed by atoms with van der Waals surface area (Å²) in [5, 5.41) is 0.752. The van der Waals surface area contributed by atoms with Gasteiger partial charge in [-0.2, -0.15) is 0 Å². The number of fused-ring (bicyclic) bond motifs is 1. The van der Waals surface area contributed by atoms with Crippen molar-refractivity contribution in [2.24, 2.45) is 5.92 Å². The molecule has 3 nitrogen and oxygen atoms in total. The number of hydrogen-bond acceptors (Lipinski definition) is 3. The van der Waals surface area contributed by atoms with Crippen LogP contribution in [0.4, 0.5) is 10.8 Å². The van der Waals surface area contributed by atoms with Gasteiger partial charge in [-0.1, -0.05) is 53.8 Å². The topological polar surface area (TPSA) is 33.2 Å². The molecule has 0 spiro atoms. The Morgan fingerprint density at radius 2 is 1.83 bits per heavy atom. The molecule has 3 aromatic rings. The molecule has 24 heavy (non-hydrogen) atoms. The Morgan fingerprint density at radius 1 is 1.04 bits per heavy atom. The van der Waals surface area contributed by atoms with Crippen molar-refractivity contribution in [3.63, 3.8) is 0 Å². The van der Waals surface area contributed by atoms with E-state index < -0.39 is 0 Å². The van der Waals surface area contributed by atoms with Crippen molar-refractivity contribution >= 4 is 38.3 Å². The van der Waals surface area contributed by atoms with Gasteiger partial charge in [0.05, 0.1) is 15.9 Å². The number of nitrogens with zero attached hydrogens (tertiary/aromatic N) is 2. The Morgan fingerprint density at radius 3 is 2.58 bits per heavy atom. The van der Waals surface area contributed by atoms with Gasteiger partial charge >= 0.3 is 0 Å². The van der Waals surface area contributed by atoms with Gasteiger partial charge in [-0.05, 0) is 43.5 Å². The summed E-state index contributed by atoms with van der Waals surface area (Å²) in [6.07, 6.45) is 6.97. The number of para-hydroxylation sites is 2. The fourth-order valence-electron chi connectivity index (χ4n) is 3.07. The van der Waals surface area contributed by atoms with Crippen LogP contribution in [0.15, 0.2) is 66.7 Å². The Bertz CT molecular complexity index is 852. The van der Waals surface area contributed by atoms with E-state index in [1.54, 1.807) is 16.2 Å². The van der Waals surface area contributed by atoms with Crippen LogP contribution in [0.3, 0.4) is 0 Å². The zero-order chi connectivity index (χ0) is 16.4. The van der Waals surface area contributed by atoms with Crippen molar-refractivity contribution in [3.05, 3.63) is 66.7 Å². The summed E-state index contributed by atoms with van der Waals surface area (Å²) in [7, 11) is 0. The predicted octanol–water partition coefficient (Wildman–Crippen LogP) is 5.32. The smallest absolute Gasteiger partial charge is 0.236 e. The summed E-state index contributed by atoms with van der Waals surface area (Å²) in [5.74, 6) is 0.173. The van der Waals surface area contributed by atoms with E-state index in [1.165, 1.54) is 0 Å².